The van der Waals surface area contributed by atoms with Crippen LogP contribution in [0.25, 0.3) is 0 Å². The highest BCUT2D eigenvalue weighted by Gasteiger charge is 2.24. The van der Waals surface area contributed by atoms with Crippen molar-refractivity contribution in [3.8, 4) is 11.5 Å². The molecule has 1 N–H and O–H groups in total. The Labute approximate surface area is 152 Å². The molecule has 5 nitrogen and oxygen atoms in total. The van der Waals surface area contributed by atoms with Crippen LogP contribution in [0.1, 0.15) is 23.2 Å². The summed E-state index contributed by atoms with van der Waals surface area (Å²) in [5.41, 5.74) is 1.05. The van der Waals surface area contributed by atoms with Crippen LogP contribution in [-0.4, -0.2) is 44.2 Å². The first-order valence-electron chi connectivity index (χ1n) is 8.64. The lowest BCUT2D eigenvalue weighted by atomic mass is 10.0. The van der Waals surface area contributed by atoms with Crippen molar-refractivity contribution < 1.29 is 18.7 Å². The van der Waals surface area contributed by atoms with Crippen molar-refractivity contribution in [1.82, 2.24) is 4.90 Å². The molecule has 3 rings (SSSR count). The molecule has 2 aromatic rings. The van der Waals surface area contributed by atoms with Crippen LogP contribution < -0.4 is 14.8 Å². The molecule has 0 spiro atoms. The van der Waals surface area contributed by atoms with Gasteiger partial charge < -0.3 is 19.7 Å². The van der Waals surface area contributed by atoms with Crippen molar-refractivity contribution in [2.45, 2.75) is 18.9 Å². The Hall–Kier alpha value is -2.76. The van der Waals surface area contributed by atoms with E-state index in [1.54, 1.807) is 50.6 Å². The number of nitrogens with one attached hydrogen (secondary N) is 1. The highest BCUT2D eigenvalue weighted by molar-refractivity contribution is 5.95. The number of piperidine rings is 1. The van der Waals surface area contributed by atoms with Gasteiger partial charge in [0.1, 0.15) is 17.3 Å². The summed E-state index contributed by atoms with van der Waals surface area (Å²) in [5, 5.41) is 3.23. The Morgan fingerprint density at radius 3 is 2.27 bits per heavy atom. The normalized spacial score (nSPS) is 14.8. The van der Waals surface area contributed by atoms with E-state index in [0.717, 1.165) is 12.8 Å². The topological polar surface area (TPSA) is 50.8 Å². The van der Waals surface area contributed by atoms with E-state index in [-0.39, 0.29) is 17.8 Å². The van der Waals surface area contributed by atoms with E-state index in [2.05, 4.69) is 5.32 Å². The van der Waals surface area contributed by atoms with Gasteiger partial charge in [0.2, 0.25) is 0 Å². The number of carbonyl (C=O) groups is 1. The van der Waals surface area contributed by atoms with Gasteiger partial charge in [-0.3, -0.25) is 4.79 Å². The van der Waals surface area contributed by atoms with Crippen molar-refractivity contribution in [3.63, 3.8) is 0 Å². The molecule has 6 heteroatoms. The summed E-state index contributed by atoms with van der Waals surface area (Å²) in [6.07, 6.45) is 1.53. The van der Waals surface area contributed by atoms with Gasteiger partial charge in [0.15, 0.2) is 0 Å². The Balaban J connectivity index is 1.63. The predicted octanol–water partition coefficient (Wildman–Crippen LogP) is 3.56. The largest absolute Gasteiger partial charge is 0.497 e. The number of hydrogen-bond donors (Lipinski definition) is 1. The molecule has 138 valence electrons. The van der Waals surface area contributed by atoms with Gasteiger partial charge in [-0.2, -0.15) is 0 Å². The molecule has 1 aliphatic heterocycles. The number of para-hydroxylation sites is 1. The summed E-state index contributed by atoms with van der Waals surface area (Å²) < 4.78 is 24.2. The molecule has 1 aliphatic rings. The molecule has 1 amide bonds. The number of carbonyl (C=O) groups excluding carboxylic acids is 1. The molecule has 0 aromatic heterocycles. The van der Waals surface area contributed by atoms with E-state index in [1.165, 1.54) is 6.07 Å². The number of ether oxygens (including phenoxy) is 2. The second kappa shape index (κ2) is 8.08. The number of rotatable bonds is 5. The molecule has 1 saturated heterocycles. The number of amides is 1. The fourth-order valence-corrected chi connectivity index (χ4v) is 3.14. The number of likely N-dealkylation sites (tertiary alicyclic amines) is 1. The fraction of sp³-hybridized carbons (Fsp3) is 0.350. The fourth-order valence-electron chi connectivity index (χ4n) is 3.14. The van der Waals surface area contributed by atoms with E-state index in [0.29, 0.717) is 35.8 Å². The van der Waals surface area contributed by atoms with Gasteiger partial charge >= 0.3 is 0 Å². The molecule has 26 heavy (non-hydrogen) atoms. The molecular formula is C20H23FN2O3. The summed E-state index contributed by atoms with van der Waals surface area (Å²) in [5.74, 6) is 0.869. The average Bonchev–Trinajstić information content (AvgIpc) is 2.69. The second-order valence-corrected chi connectivity index (χ2v) is 6.29. The van der Waals surface area contributed by atoms with Gasteiger partial charge in [-0.25, -0.2) is 4.39 Å². The van der Waals surface area contributed by atoms with Gasteiger partial charge in [0, 0.05) is 30.8 Å². The highest BCUT2D eigenvalue weighted by atomic mass is 19.1. The van der Waals surface area contributed by atoms with E-state index in [9.17, 15) is 9.18 Å². The minimum atomic E-state index is -0.255. The molecule has 0 saturated carbocycles. The Morgan fingerprint density at radius 2 is 1.69 bits per heavy atom. The first-order chi connectivity index (χ1) is 12.6. The summed E-state index contributed by atoms with van der Waals surface area (Å²) in [4.78, 5) is 14.6. The summed E-state index contributed by atoms with van der Waals surface area (Å²) >= 11 is 0. The van der Waals surface area contributed by atoms with E-state index >= 15 is 0 Å². The maximum atomic E-state index is 13.8. The van der Waals surface area contributed by atoms with Gasteiger partial charge in [-0.1, -0.05) is 12.1 Å². The lowest BCUT2D eigenvalue weighted by molar-refractivity contribution is 0.0717. The Kier molecular flexibility index (Phi) is 5.61. The monoisotopic (exact) mass is 358 g/mol. The maximum Gasteiger partial charge on any atom is 0.254 e. The van der Waals surface area contributed by atoms with Gasteiger partial charge in [-0.15, -0.1) is 0 Å². The van der Waals surface area contributed by atoms with Gasteiger partial charge in [0.25, 0.3) is 5.91 Å². The minimum Gasteiger partial charge on any atom is -0.497 e. The van der Waals surface area contributed by atoms with Crippen LogP contribution in [0.2, 0.25) is 0 Å². The van der Waals surface area contributed by atoms with Crippen molar-refractivity contribution >= 4 is 11.6 Å². The van der Waals surface area contributed by atoms with Crippen LogP contribution in [-0.2, 0) is 0 Å². The number of halogens is 1. The molecular weight excluding hydrogens is 335 g/mol. The van der Waals surface area contributed by atoms with Gasteiger partial charge in [-0.05, 0) is 37.1 Å². The van der Waals surface area contributed by atoms with Gasteiger partial charge in [0.05, 0.1) is 19.9 Å². The molecule has 0 atom stereocenters. The van der Waals surface area contributed by atoms with E-state index < -0.39 is 0 Å². The summed E-state index contributed by atoms with van der Waals surface area (Å²) in [7, 11) is 3.12. The Morgan fingerprint density at radius 1 is 1.08 bits per heavy atom. The standard InChI is InChI=1S/C20H23FN2O3/c1-25-16-11-14(12-17(13-16)26-2)20(24)23-9-7-15(8-10-23)22-19-6-4-3-5-18(19)21/h3-6,11-13,15,22H,7-10H2,1-2H3. The van der Waals surface area contributed by atoms with E-state index in [1.807, 2.05) is 4.90 Å². The third kappa shape index (κ3) is 4.07. The second-order valence-electron chi connectivity index (χ2n) is 6.29. The number of methoxy groups -OCH3 is 2. The van der Waals surface area contributed by atoms with Crippen LogP contribution in [0.15, 0.2) is 42.5 Å². The van der Waals surface area contributed by atoms with Crippen molar-refractivity contribution in [3.05, 3.63) is 53.8 Å². The quantitative estimate of drug-likeness (QED) is 0.888. The number of hydrogen-bond acceptors (Lipinski definition) is 4. The molecule has 0 aliphatic carbocycles. The minimum absolute atomic E-state index is 0.0495. The number of benzene rings is 2. The Bertz CT molecular complexity index is 751. The van der Waals surface area contributed by atoms with E-state index in [4.69, 9.17) is 9.47 Å². The van der Waals surface area contributed by atoms with Crippen LogP contribution >= 0.6 is 0 Å². The SMILES string of the molecule is COc1cc(OC)cc(C(=O)N2CCC(Nc3ccccc3F)CC2)c1. The average molecular weight is 358 g/mol. The predicted molar refractivity (Wildman–Crippen MR) is 98.5 cm³/mol. The smallest absolute Gasteiger partial charge is 0.254 e. The van der Waals surface area contributed by atoms with Crippen molar-refractivity contribution in [2.24, 2.45) is 0 Å². The summed E-state index contributed by atoms with van der Waals surface area (Å²) in [6, 6.07) is 12.0. The lowest BCUT2D eigenvalue weighted by Crippen LogP contribution is -2.42. The van der Waals surface area contributed by atoms with Crippen LogP contribution in [0.5, 0.6) is 11.5 Å². The molecule has 1 heterocycles. The van der Waals surface area contributed by atoms with Crippen LogP contribution in [0.4, 0.5) is 10.1 Å². The third-order valence-corrected chi connectivity index (χ3v) is 4.61. The van der Waals surface area contributed by atoms with Crippen molar-refractivity contribution in [2.75, 3.05) is 32.6 Å². The van der Waals surface area contributed by atoms with Crippen LogP contribution in [0.3, 0.4) is 0 Å². The molecule has 0 unspecified atom stereocenters. The van der Waals surface area contributed by atoms with Crippen LogP contribution in [0, 0.1) is 5.82 Å². The molecule has 2 aromatic carbocycles. The number of nitrogens with zero attached hydrogens (tertiary/aromatic N) is 1. The zero-order valence-corrected chi connectivity index (χ0v) is 15.0. The molecule has 1 fully saturated rings. The van der Waals surface area contributed by atoms with Crippen molar-refractivity contribution in [1.29, 1.82) is 0 Å². The third-order valence-electron chi connectivity index (χ3n) is 4.61. The molecule has 0 bridgehead atoms. The summed E-state index contributed by atoms with van der Waals surface area (Å²) in [6.45, 7) is 1.23. The highest BCUT2D eigenvalue weighted by Crippen LogP contribution is 2.25. The first-order valence-corrected chi connectivity index (χ1v) is 8.64. The lowest BCUT2D eigenvalue weighted by Gasteiger charge is -2.33. The zero-order valence-electron chi connectivity index (χ0n) is 15.0. The first kappa shape index (κ1) is 18.0. The maximum absolute atomic E-state index is 13.8. The number of anilines is 1. The zero-order chi connectivity index (χ0) is 18.5. The molecule has 0 radical (unpaired) electrons.